The van der Waals surface area contributed by atoms with E-state index in [1.807, 2.05) is 0 Å². The van der Waals surface area contributed by atoms with Crippen molar-refractivity contribution in [3.05, 3.63) is 0 Å². The Morgan fingerprint density at radius 3 is 1.50 bits per heavy atom. The molecule has 6 heavy (non-hydrogen) atoms. The van der Waals surface area contributed by atoms with E-state index < -0.39 is 0 Å². The van der Waals surface area contributed by atoms with Crippen LogP contribution in [-0.2, 0) is 25.7 Å². The molecule has 0 aromatic carbocycles. The summed E-state index contributed by atoms with van der Waals surface area (Å²) in [6.07, 6.45) is 0. The summed E-state index contributed by atoms with van der Waals surface area (Å²) in [5.74, 6) is 0. The van der Waals surface area contributed by atoms with Crippen molar-refractivity contribution in [3.8, 4) is 0 Å². The average molecular weight is 223 g/mol. The van der Waals surface area contributed by atoms with Gasteiger partial charge in [0, 0.05) is 0 Å². The first-order valence-electron chi connectivity index (χ1n) is 0.983. The van der Waals surface area contributed by atoms with Gasteiger partial charge in [0.15, 0.2) is 0 Å². The van der Waals surface area contributed by atoms with E-state index >= 15 is 0 Å². The Bertz CT molecular complexity index is 22.8. The summed E-state index contributed by atoms with van der Waals surface area (Å²) in [5.41, 5.74) is 0. The van der Waals surface area contributed by atoms with Crippen molar-refractivity contribution in [2.24, 2.45) is 0 Å². The zero-order valence-electron chi connectivity index (χ0n) is 2.60. The summed E-state index contributed by atoms with van der Waals surface area (Å²) < 4.78 is 0. The second-order valence-corrected chi connectivity index (χ2v) is 2.76. The van der Waals surface area contributed by atoms with Crippen LogP contribution in [0.25, 0.3) is 0 Å². The Morgan fingerprint density at radius 1 is 1.33 bits per heavy atom. The first kappa shape index (κ1) is 7.16. The van der Waals surface area contributed by atoms with Crippen molar-refractivity contribution >= 4 is 19.1 Å². The van der Waals surface area contributed by atoms with Crippen LogP contribution in [0.15, 0.2) is 0 Å². The SMILES string of the molecule is C1OO1.[Cl][Pd][Cl]. The molecule has 2 nitrogen and oxygen atoms in total. The third-order valence-corrected chi connectivity index (χ3v) is 0.118. The van der Waals surface area contributed by atoms with E-state index in [4.69, 9.17) is 19.1 Å². The fourth-order valence-corrected chi connectivity index (χ4v) is 0. The Morgan fingerprint density at radius 2 is 1.50 bits per heavy atom. The zero-order valence-corrected chi connectivity index (χ0v) is 5.66. The van der Waals surface area contributed by atoms with Gasteiger partial charge >= 0.3 is 35.0 Å². The van der Waals surface area contributed by atoms with Crippen molar-refractivity contribution < 1.29 is 25.7 Å². The van der Waals surface area contributed by atoms with Gasteiger partial charge in [0.1, 0.15) is 0 Å². The van der Waals surface area contributed by atoms with Gasteiger partial charge in [-0.1, -0.05) is 0 Å². The summed E-state index contributed by atoms with van der Waals surface area (Å²) in [5, 5.41) is 0. The van der Waals surface area contributed by atoms with Crippen LogP contribution in [0.3, 0.4) is 0 Å². The Labute approximate surface area is 51.7 Å². The first-order chi connectivity index (χ1) is 2.91. The molecule has 0 atom stereocenters. The molecule has 0 bridgehead atoms. The number of rotatable bonds is 0. The topological polar surface area (TPSA) is 25.1 Å². The molecule has 42 valence electrons. The molecule has 0 aliphatic carbocycles. The minimum atomic E-state index is -0.106. The second-order valence-electron chi connectivity index (χ2n) is 0.399. The van der Waals surface area contributed by atoms with Crippen LogP contribution >= 0.6 is 19.1 Å². The summed E-state index contributed by atoms with van der Waals surface area (Å²) in [6, 6.07) is 0. The van der Waals surface area contributed by atoms with Gasteiger partial charge in [-0.3, -0.25) is 0 Å². The minimum absolute atomic E-state index is 0.106. The van der Waals surface area contributed by atoms with Crippen LogP contribution in [0.2, 0.25) is 0 Å². The molecule has 5 heteroatoms. The molecule has 0 N–H and O–H groups in total. The molecule has 0 saturated carbocycles. The molecule has 1 rings (SSSR count). The van der Waals surface area contributed by atoms with E-state index in [1.165, 1.54) is 0 Å². The molecule has 0 spiro atoms. The van der Waals surface area contributed by atoms with Crippen molar-refractivity contribution in [2.45, 2.75) is 0 Å². The van der Waals surface area contributed by atoms with Gasteiger partial charge in [0.25, 0.3) is 0 Å². The third kappa shape index (κ3) is 19.1. The molecule has 1 heterocycles. The van der Waals surface area contributed by atoms with E-state index in [2.05, 4.69) is 9.78 Å². The van der Waals surface area contributed by atoms with Crippen molar-refractivity contribution in [1.29, 1.82) is 0 Å². The molecule has 0 amide bonds. The normalized spacial score (nSPS) is 15.7. The van der Waals surface area contributed by atoms with E-state index in [0.29, 0.717) is 6.79 Å². The summed E-state index contributed by atoms with van der Waals surface area (Å²) in [4.78, 5) is 8.00. The Hall–Kier alpha value is 1.16. The van der Waals surface area contributed by atoms with Gasteiger partial charge < -0.3 is 0 Å². The predicted octanol–water partition coefficient (Wildman–Crippen LogP) is 1.28. The van der Waals surface area contributed by atoms with Crippen LogP contribution < -0.4 is 0 Å². The van der Waals surface area contributed by atoms with Crippen molar-refractivity contribution in [3.63, 3.8) is 0 Å². The van der Waals surface area contributed by atoms with Crippen LogP contribution in [0.5, 0.6) is 0 Å². The molecule has 1 aliphatic rings. The van der Waals surface area contributed by atoms with Crippen LogP contribution in [0.4, 0.5) is 0 Å². The molecule has 0 aromatic heterocycles. The number of hydrogen-bond donors (Lipinski definition) is 0. The zero-order chi connectivity index (χ0) is 4.83. The molecular weight excluding hydrogens is 221 g/mol. The van der Waals surface area contributed by atoms with Gasteiger partial charge in [-0.25, -0.2) is 9.78 Å². The van der Waals surface area contributed by atoms with Gasteiger partial charge in [-0.15, -0.1) is 0 Å². The van der Waals surface area contributed by atoms with Crippen LogP contribution in [0, 0.1) is 0 Å². The van der Waals surface area contributed by atoms with E-state index in [9.17, 15) is 0 Å². The maximum atomic E-state index is 4.81. The molecule has 0 radical (unpaired) electrons. The molecule has 0 unspecified atom stereocenters. The standard InChI is InChI=1S/CH2O2.2ClH.Pd/c1-2-3-1;;;/h1H2;2*1H;/q;;;+2/p-2. The number of hydrogen-bond acceptors (Lipinski definition) is 2. The van der Waals surface area contributed by atoms with Crippen LogP contribution in [-0.4, -0.2) is 6.79 Å². The summed E-state index contributed by atoms with van der Waals surface area (Å²) in [6.45, 7) is 0.500. The first-order valence-corrected chi connectivity index (χ1v) is 4.99. The Kier molecular flexibility index (Phi) is 7.36. The second kappa shape index (κ2) is 6.16. The third-order valence-electron chi connectivity index (χ3n) is 0.118. The molecule has 1 fully saturated rings. The maximum absolute atomic E-state index is 4.81. The van der Waals surface area contributed by atoms with Gasteiger partial charge in [-0.05, 0) is 0 Å². The number of halogens is 2. The molecule has 0 aromatic rings. The predicted molar refractivity (Wildman–Crippen MR) is 18.7 cm³/mol. The van der Waals surface area contributed by atoms with E-state index in [1.54, 1.807) is 0 Å². The fraction of sp³-hybridized carbons (Fsp3) is 1.00. The fourth-order valence-electron chi connectivity index (χ4n) is 0. The quantitative estimate of drug-likeness (QED) is 0.351. The molecule has 1 saturated heterocycles. The van der Waals surface area contributed by atoms with Gasteiger partial charge in [0.2, 0.25) is 6.79 Å². The van der Waals surface area contributed by atoms with Gasteiger partial charge in [0.05, 0.1) is 0 Å². The van der Waals surface area contributed by atoms with E-state index in [-0.39, 0.29) is 15.9 Å². The molecule has 1 aliphatic heterocycles. The Balaban J connectivity index is 0.0000000833. The summed E-state index contributed by atoms with van der Waals surface area (Å²) >= 11 is -0.106. The van der Waals surface area contributed by atoms with E-state index in [0.717, 1.165) is 0 Å². The molecular formula is CH2Cl2O2Pd. The van der Waals surface area contributed by atoms with Crippen molar-refractivity contribution in [2.75, 3.05) is 6.79 Å². The van der Waals surface area contributed by atoms with Gasteiger partial charge in [-0.2, -0.15) is 0 Å². The van der Waals surface area contributed by atoms with Crippen LogP contribution in [0.1, 0.15) is 0 Å². The van der Waals surface area contributed by atoms with Crippen molar-refractivity contribution in [1.82, 2.24) is 0 Å². The summed E-state index contributed by atoms with van der Waals surface area (Å²) in [7, 11) is 9.63. The monoisotopic (exact) mass is 222 g/mol. The average Bonchev–Trinajstić information content (AvgIpc) is 2.11.